The number of hydrogen-bond donors (Lipinski definition) is 0. The number of hydrogen-bond acceptors (Lipinski definition) is 8. The molecule has 0 atom stereocenters. The Kier molecular flexibility index (Phi) is 10.5. The van der Waals surface area contributed by atoms with Crippen LogP contribution in [0.15, 0.2) is 33.2 Å². The molecule has 30 heavy (non-hydrogen) atoms. The van der Waals surface area contributed by atoms with Gasteiger partial charge in [0.2, 0.25) is 0 Å². The average molecular weight is 550 g/mol. The van der Waals surface area contributed by atoms with Gasteiger partial charge in [0.05, 0.1) is 53.8 Å². The van der Waals surface area contributed by atoms with E-state index in [9.17, 15) is 9.59 Å². The molecule has 2 aromatic carbocycles. The van der Waals surface area contributed by atoms with E-state index in [-0.39, 0.29) is 0 Å². The van der Waals surface area contributed by atoms with Crippen molar-refractivity contribution in [2.45, 2.75) is 0 Å². The zero-order valence-corrected chi connectivity index (χ0v) is 20.5. The minimum Gasteiger partial charge on any atom is -0.495 e. The van der Waals surface area contributed by atoms with Gasteiger partial charge in [-0.25, -0.2) is 9.59 Å². The SMILES string of the molecule is COC(=O)c1cc(OC)c(Br)c(OC)c1.COC(=O)c1cc(OC)c(Br)c(OC)c1. The lowest BCUT2D eigenvalue weighted by atomic mass is 10.2. The molecule has 0 aliphatic carbocycles. The molecule has 0 aliphatic rings. The third kappa shape index (κ3) is 6.27. The molecular weight excluding hydrogens is 528 g/mol. The highest BCUT2D eigenvalue weighted by atomic mass is 79.9. The third-order valence-electron chi connectivity index (χ3n) is 3.73. The average Bonchev–Trinajstić information content (AvgIpc) is 2.78. The van der Waals surface area contributed by atoms with Gasteiger partial charge in [0.1, 0.15) is 31.9 Å². The molecule has 10 heteroatoms. The molecule has 0 aliphatic heterocycles. The fourth-order valence-corrected chi connectivity index (χ4v) is 3.32. The Bertz CT molecular complexity index is 775. The summed E-state index contributed by atoms with van der Waals surface area (Å²) in [6.07, 6.45) is 0. The van der Waals surface area contributed by atoms with Crippen LogP contribution in [0, 0.1) is 0 Å². The molecule has 0 radical (unpaired) electrons. The van der Waals surface area contributed by atoms with E-state index in [4.69, 9.17) is 18.9 Å². The van der Waals surface area contributed by atoms with Gasteiger partial charge in [-0.05, 0) is 56.1 Å². The van der Waals surface area contributed by atoms with Gasteiger partial charge in [0.15, 0.2) is 0 Å². The maximum atomic E-state index is 11.3. The van der Waals surface area contributed by atoms with Gasteiger partial charge in [0.25, 0.3) is 0 Å². The van der Waals surface area contributed by atoms with Crippen molar-refractivity contribution >= 4 is 43.8 Å². The Hall–Kier alpha value is -2.46. The lowest BCUT2D eigenvalue weighted by Crippen LogP contribution is -2.02. The second kappa shape index (κ2) is 12.3. The van der Waals surface area contributed by atoms with E-state index in [0.29, 0.717) is 43.1 Å². The third-order valence-corrected chi connectivity index (χ3v) is 5.30. The van der Waals surface area contributed by atoms with Gasteiger partial charge in [-0.2, -0.15) is 0 Å². The van der Waals surface area contributed by atoms with E-state index in [1.54, 1.807) is 24.3 Å². The quantitative estimate of drug-likeness (QED) is 0.486. The zero-order valence-electron chi connectivity index (χ0n) is 17.3. The van der Waals surface area contributed by atoms with Crippen LogP contribution < -0.4 is 18.9 Å². The highest BCUT2D eigenvalue weighted by molar-refractivity contribution is 9.11. The Morgan fingerprint density at radius 2 is 0.800 bits per heavy atom. The second-order valence-electron chi connectivity index (χ2n) is 5.37. The topological polar surface area (TPSA) is 89.5 Å². The van der Waals surface area contributed by atoms with Gasteiger partial charge >= 0.3 is 11.9 Å². The molecule has 2 rings (SSSR count). The van der Waals surface area contributed by atoms with Gasteiger partial charge in [-0.3, -0.25) is 0 Å². The van der Waals surface area contributed by atoms with Crippen LogP contribution >= 0.6 is 31.9 Å². The monoisotopic (exact) mass is 548 g/mol. The number of rotatable bonds is 6. The van der Waals surface area contributed by atoms with E-state index in [1.807, 2.05) is 0 Å². The maximum absolute atomic E-state index is 11.3. The van der Waals surface area contributed by atoms with Crippen molar-refractivity contribution in [1.82, 2.24) is 0 Å². The molecule has 0 fully saturated rings. The summed E-state index contributed by atoms with van der Waals surface area (Å²) in [6, 6.07) is 6.33. The molecule has 164 valence electrons. The molecule has 2 aromatic rings. The fourth-order valence-electron chi connectivity index (χ4n) is 2.21. The Labute approximate surface area is 191 Å². The molecule has 0 N–H and O–H groups in total. The number of ether oxygens (including phenoxy) is 6. The second-order valence-corrected chi connectivity index (χ2v) is 6.96. The van der Waals surface area contributed by atoms with Crippen molar-refractivity contribution in [1.29, 1.82) is 0 Å². The minimum absolute atomic E-state index is 0.384. The first-order valence-corrected chi connectivity index (χ1v) is 9.86. The predicted molar refractivity (Wildman–Crippen MR) is 117 cm³/mol. The van der Waals surface area contributed by atoms with E-state index in [1.165, 1.54) is 42.7 Å². The molecule has 0 heterocycles. The Morgan fingerprint density at radius 3 is 0.967 bits per heavy atom. The van der Waals surface area contributed by atoms with E-state index in [0.717, 1.165) is 0 Å². The number of benzene rings is 2. The van der Waals surface area contributed by atoms with Crippen LogP contribution in [-0.2, 0) is 9.47 Å². The fraction of sp³-hybridized carbons (Fsp3) is 0.300. The van der Waals surface area contributed by atoms with Crippen molar-refractivity contribution in [3.05, 3.63) is 44.3 Å². The summed E-state index contributed by atoms with van der Waals surface area (Å²) in [5.41, 5.74) is 0.767. The summed E-state index contributed by atoms with van der Waals surface area (Å²) in [5, 5.41) is 0. The van der Waals surface area contributed by atoms with Gasteiger partial charge in [-0.1, -0.05) is 0 Å². The Balaban J connectivity index is 0.000000300. The summed E-state index contributed by atoms with van der Waals surface area (Å²) in [6.45, 7) is 0. The van der Waals surface area contributed by atoms with Gasteiger partial charge < -0.3 is 28.4 Å². The summed E-state index contributed by atoms with van der Waals surface area (Å²) in [5.74, 6) is 1.23. The van der Waals surface area contributed by atoms with Crippen LogP contribution in [0.2, 0.25) is 0 Å². The first-order chi connectivity index (χ1) is 14.3. The lowest BCUT2D eigenvalue weighted by Gasteiger charge is -2.10. The van der Waals surface area contributed by atoms with E-state index < -0.39 is 11.9 Å². The molecule has 0 spiro atoms. The highest BCUT2D eigenvalue weighted by Gasteiger charge is 2.15. The van der Waals surface area contributed by atoms with Crippen LogP contribution in [0.5, 0.6) is 23.0 Å². The van der Waals surface area contributed by atoms with E-state index in [2.05, 4.69) is 41.3 Å². The molecule has 0 amide bonds. The van der Waals surface area contributed by atoms with Crippen molar-refractivity contribution in [2.75, 3.05) is 42.7 Å². The number of halogens is 2. The summed E-state index contributed by atoms with van der Waals surface area (Å²) < 4.78 is 30.9. The normalized spacial score (nSPS) is 9.60. The molecule has 0 saturated carbocycles. The minimum atomic E-state index is -0.431. The smallest absolute Gasteiger partial charge is 0.338 e. The van der Waals surface area contributed by atoms with Gasteiger partial charge in [0, 0.05) is 0 Å². The van der Waals surface area contributed by atoms with Crippen LogP contribution in [0.3, 0.4) is 0 Å². The summed E-state index contributed by atoms with van der Waals surface area (Å²) >= 11 is 6.61. The van der Waals surface area contributed by atoms with Crippen LogP contribution in [0.25, 0.3) is 0 Å². The maximum Gasteiger partial charge on any atom is 0.338 e. The number of carbonyl (C=O) groups excluding carboxylic acids is 2. The molecule has 0 aromatic heterocycles. The highest BCUT2D eigenvalue weighted by Crippen LogP contribution is 2.36. The number of esters is 2. The largest absolute Gasteiger partial charge is 0.495 e. The van der Waals surface area contributed by atoms with Crippen LogP contribution in [0.1, 0.15) is 20.7 Å². The van der Waals surface area contributed by atoms with E-state index >= 15 is 0 Å². The van der Waals surface area contributed by atoms with Crippen LogP contribution in [-0.4, -0.2) is 54.6 Å². The van der Waals surface area contributed by atoms with Crippen molar-refractivity contribution < 1.29 is 38.0 Å². The predicted octanol–water partition coefficient (Wildman–Crippen LogP) is 4.51. The Morgan fingerprint density at radius 1 is 0.567 bits per heavy atom. The zero-order chi connectivity index (χ0) is 22.8. The molecule has 8 nitrogen and oxygen atoms in total. The molecule has 0 unspecified atom stereocenters. The van der Waals surface area contributed by atoms with Crippen molar-refractivity contribution in [3.63, 3.8) is 0 Å². The lowest BCUT2D eigenvalue weighted by molar-refractivity contribution is 0.0591. The van der Waals surface area contributed by atoms with Crippen molar-refractivity contribution in [3.8, 4) is 23.0 Å². The first kappa shape index (κ1) is 25.6. The molecule has 0 saturated heterocycles. The summed E-state index contributed by atoms with van der Waals surface area (Å²) in [4.78, 5) is 22.6. The van der Waals surface area contributed by atoms with Crippen molar-refractivity contribution in [2.24, 2.45) is 0 Å². The molecule has 0 bridgehead atoms. The number of methoxy groups -OCH3 is 6. The standard InChI is InChI=1S/2C10H11BrO4/c2*1-13-7-4-6(10(12)15-3)5-8(14-2)9(7)11/h2*4-5H,1-3H3. The van der Waals surface area contributed by atoms with Crippen LogP contribution in [0.4, 0.5) is 0 Å². The summed E-state index contributed by atoms with van der Waals surface area (Å²) in [7, 11) is 8.70. The van der Waals surface area contributed by atoms with Gasteiger partial charge in [-0.15, -0.1) is 0 Å². The first-order valence-electron chi connectivity index (χ1n) is 8.27. The number of carbonyl (C=O) groups is 2. The molecular formula is C20H22Br2O8.